The molecule has 0 saturated carbocycles. The van der Waals surface area contributed by atoms with Crippen molar-refractivity contribution in [2.45, 2.75) is 26.4 Å². The molecule has 1 aromatic rings. The molecular formula is C17H22N4O4. The number of pyridine rings is 1. The summed E-state index contributed by atoms with van der Waals surface area (Å²) >= 11 is 0. The number of amides is 4. The first-order valence-corrected chi connectivity index (χ1v) is 8.48. The van der Waals surface area contributed by atoms with Gasteiger partial charge in [0.2, 0.25) is 5.88 Å². The number of aromatic nitrogens is 1. The van der Waals surface area contributed by atoms with E-state index in [0.717, 1.165) is 10.5 Å². The van der Waals surface area contributed by atoms with Gasteiger partial charge in [0.05, 0.1) is 6.54 Å². The number of likely N-dealkylation sites (N-methyl/N-ethyl adjacent to an activating group) is 1. The summed E-state index contributed by atoms with van der Waals surface area (Å²) in [4.78, 5) is 44.9. The smallest absolute Gasteiger partial charge is 0.327 e. The molecule has 8 nitrogen and oxygen atoms in total. The summed E-state index contributed by atoms with van der Waals surface area (Å²) in [5.41, 5.74) is 1.05. The molecule has 3 heterocycles. The fraction of sp³-hybridized carbons (Fsp3) is 0.529. The molecule has 4 amide bonds. The molecule has 134 valence electrons. The number of piperazine rings is 1. The fourth-order valence-corrected chi connectivity index (χ4v) is 3.02. The molecule has 0 spiro atoms. The van der Waals surface area contributed by atoms with Crippen LogP contribution in [-0.4, -0.2) is 76.4 Å². The highest BCUT2D eigenvalue weighted by atomic mass is 16.5. The minimum absolute atomic E-state index is 0.165. The van der Waals surface area contributed by atoms with Crippen LogP contribution in [0.3, 0.4) is 0 Å². The van der Waals surface area contributed by atoms with Crippen molar-refractivity contribution in [2.75, 3.05) is 32.7 Å². The highest BCUT2D eigenvalue weighted by Gasteiger charge is 2.39. The number of likely N-dealkylation sites (tertiary alicyclic amines) is 1. The van der Waals surface area contributed by atoms with Crippen LogP contribution < -0.4 is 4.74 Å². The molecule has 8 heteroatoms. The number of ether oxygens (including phenoxy) is 1. The molecular weight excluding hydrogens is 324 g/mol. The molecule has 0 N–H and O–H groups in total. The van der Waals surface area contributed by atoms with Crippen molar-refractivity contribution < 1.29 is 19.1 Å². The van der Waals surface area contributed by atoms with E-state index < -0.39 is 17.8 Å². The average molecular weight is 346 g/mol. The van der Waals surface area contributed by atoms with Gasteiger partial charge in [-0.1, -0.05) is 6.07 Å². The van der Waals surface area contributed by atoms with E-state index in [2.05, 4.69) is 4.98 Å². The van der Waals surface area contributed by atoms with Crippen LogP contribution in [0, 0.1) is 6.92 Å². The molecule has 2 fully saturated rings. The molecule has 0 unspecified atom stereocenters. The second-order valence-electron chi connectivity index (χ2n) is 6.27. The highest BCUT2D eigenvalue weighted by molar-refractivity contribution is 6.38. The molecule has 1 atom stereocenters. The van der Waals surface area contributed by atoms with Crippen LogP contribution in [0.1, 0.15) is 18.9 Å². The van der Waals surface area contributed by atoms with Gasteiger partial charge in [-0.15, -0.1) is 0 Å². The molecule has 2 saturated heterocycles. The van der Waals surface area contributed by atoms with E-state index in [1.54, 1.807) is 17.2 Å². The maximum Gasteiger partial charge on any atom is 0.327 e. The number of urea groups is 1. The third-order valence-corrected chi connectivity index (χ3v) is 4.51. The predicted octanol–water partition coefficient (Wildman–Crippen LogP) is 0.654. The quantitative estimate of drug-likeness (QED) is 0.751. The molecule has 0 bridgehead atoms. The molecule has 0 aromatic carbocycles. The number of carbonyl (C=O) groups is 3. The van der Waals surface area contributed by atoms with Gasteiger partial charge in [-0.05, 0) is 19.4 Å². The van der Waals surface area contributed by atoms with Gasteiger partial charge >= 0.3 is 17.8 Å². The maximum atomic E-state index is 12.6. The Morgan fingerprint density at radius 3 is 2.72 bits per heavy atom. The van der Waals surface area contributed by atoms with Crippen molar-refractivity contribution in [2.24, 2.45) is 0 Å². The van der Waals surface area contributed by atoms with Crippen molar-refractivity contribution >= 4 is 17.8 Å². The van der Waals surface area contributed by atoms with Crippen molar-refractivity contribution in [1.82, 2.24) is 19.7 Å². The Morgan fingerprint density at radius 2 is 2.04 bits per heavy atom. The summed E-state index contributed by atoms with van der Waals surface area (Å²) in [6.07, 6.45) is 2.23. The van der Waals surface area contributed by atoms with Gasteiger partial charge in [-0.25, -0.2) is 9.78 Å². The zero-order chi connectivity index (χ0) is 18.0. The number of rotatable bonds is 3. The minimum atomic E-state index is -0.748. The zero-order valence-corrected chi connectivity index (χ0v) is 14.5. The van der Waals surface area contributed by atoms with E-state index >= 15 is 0 Å². The number of nitrogens with zero attached hydrogens (tertiary/aromatic N) is 4. The molecule has 25 heavy (non-hydrogen) atoms. The van der Waals surface area contributed by atoms with Crippen molar-refractivity contribution in [1.29, 1.82) is 0 Å². The largest absolute Gasteiger partial charge is 0.472 e. The van der Waals surface area contributed by atoms with Crippen molar-refractivity contribution in [3.05, 3.63) is 23.9 Å². The van der Waals surface area contributed by atoms with E-state index in [4.69, 9.17) is 4.74 Å². The summed E-state index contributed by atoms with van der Waals surface area (Å²) < 4.78 is 5.80. The van der Waals surface area contributed by atoms with Gasteiger partial charge in [0.1, 0.15) is 6.10 Å². The van der Waals surface area contributed by atoms with Crippen LogP contribution in [0.2, 0.25) is 0 Å². The lowest BCUT2D eigenvalue weighted by atomic mass is 10.3. The first-order chi connectivity index (χ1) is 12.0. The molecule has 1 aromatic heterocycles. The first kappa shape index (κ1) is 17.2. The molecule has 3 rings (SSSR count). The number of hydrogen-bond donors (Lipinski definition) is 0. The summed E-state index contributed by atoms with van der Waals surface area (Å²) in [6.45, 7) is 5.71. The standard InChI is InChI=1S/C17H22N4O4/c1-3-19-8-9-21(16(23)15(19)22)17(24)20-7-6-13(11-20)25-14-5-4-12(2)10-18-14/h4-5,10,13H,3,6-9,11H2,1-2H3/t13-/m1/s1. The summed E-state index contributed by atoms with van der Waals surface area (Å²) in [7, 11) is 0. The molecule has 2 aliphatic rings. The van der Waals surface area contributed by atoms with E-state index in [1.807, 2.05) is 19.9 Å². The lowest BCUT2D eigenvalue weighted by Crippen LogP contribution is -2.58. The number of hydrogen-bond acceptors (Lipinski definition) is 5. The lowest BCUT2D eigenvalue weighted by molar-refractivity contribution is -0.153. The molecule has 0 aliphatic carbocycles. The van der Waals surface area contributed by atoms with Crippen LogP contribution in [0.4, 0.5) is 4.79 Å². The van der Waals surface area contributed by atoms with Crippen LogP contribution in [-0.2, 0) is 9.59 Å². The topological polar surface area (TPSA) is 83.0 Å². The number of aryl methyl sites for hydroxylation is 1. The van der Waals surface area contributed by atoms with Crippen LogP contribution in [0.15, 0.2) is 18.3 Å². The Balaban J connectivity index is 1.58. The SMILES string of the molecule is CCN1CCN(C(=O)N2CC[C@@H](Oc3ccc(C)cn3)C2)C(=O)C1=O. The van der Waals surface area contributed by atoms with Crippen LogP contribution in [0.5, 0.6) is 5.88 Å². The van der Waals surface area contributed by atoms with Gasteiger partial charge in [0.25, 0.3) is 0 Å². The second kappa shape index (κ2) is 7.08. The lowest BCUT2D eigenvalue weighted by Gasteiger charge is -2.33. The van der Waals surface area contributed by atoms with Crippen molar-refractivity contribution in [3.8, 4) is 5.88 Å². The number of imide groups is 1. The predicted molar refractivity (Wildman–Crippen MR) is 88.9 cm³/mol. The van der Waals surface area contributed by atoms with Crippen molar-refractivity contribution in [3.63, 3.8) is 0 Å². The Morgan fingerprint density at radius 1 is 1.24 bits per heavy atom. The summed E-state index contributed by atoms with van der Waals surface area (Å²) in [5.74, 6) is -0.840. The van der Waals surface area contributed by atoms with E-state index in [9.17, 15) is 14.4 Å². The molecule has 0 radical (unpaired) electrons. The first-order valence-electron chi connectivity index (χ1n) is 8.48. The fourth-order valence-electron chi connectivity index (χ4n) is 3.02. The Bertz CT molecular complexity index is 676. The Hall–Kier alpha value is -2.64. The van der Waals surface area contributed by atoms with E-state index in [0.29, 0.717) is 38.5 Å². The van der Waals surface area contributed by atoms with Gasteiger partial charge in [-0.3, -0.25) is 14.5 Å². The third kappa shape index (κ3) is 3.57. The summed E-state index contributed by atoms with van der Waals surface area (Å²) in [5, 5.41) is 0. The number of carbonyl (C=O) groups excluding carboxylic acids is 3. The van der Waals surface area contributed by atoms with Gasteiger partial charge < -0.3 is 14.5 Å². The monoisotopic (exact) mass is 346 g/mol. The third-order valence-electron chi connectivity index (χ3n) is 4.51. The summed E-state index contributed by atoms with van der Waals surface area (Å²) in [6, 6.07) is 3.29. The van der Waals surface area contributed by atoms with Crippen LogP contribution in [0.25, 0.3) is 0 Å². The van der Waals surface area contributed by atoms with Gasteiger partial charge in [0.15, 0.2) is 0 Å². The Kier molecular flexibility index (Phi) is 4.87. The average Bonchev–Trinajstić information content (AvgIpc) is 3.07. The minimum Gasteiger partial charge on any atom is -0.472 e. The normalized spacial score (nSPS) is 21.0. The molecule has 2 aliphatic heterocycles. The van der Waals surface area contributed by atoms with E-state index in [-0.39, 0.29) is 12.6 Å². The highest BCUT2D eigenvalue weighted by Crippen LogP contribution is 2.19. The maximum absolute atomic E-state index is 12.6. The van der Waals surface area contributed by atoms with Gasteiger partial charge in [0, 0.05) is 44.9 Å². The van der Waals surface area contributed by atoms with Gasteiger partial charge in [-0.2, -0.15) is 0 Å². The second-order valence-corrected chi connectivity index (χ2v) is 6.27. The van der Waals surface area contributed by atoms with E-state index in [1.165, 1.54) is 4.90 Å². The Labute approximate surface area is 146 Å². The van der Waals surface area contributed by atoms with Crippen LogP contribution >= 0.6 is 0 Å². The zero-order valence-electron chi connectivity index (χ0n) is 14.5.